The van der Waals surface area contributed by atoms with Crippen LogP contribution in [0.3, 0.4) is 0 Å². The molecule has 0 N–H and O–H groups in total. The molecule has 1 aromatic rings. The molecule has 0 saturated carbocycles. The van der Waals surface area contributed by atoms with E-state index in [1.807, 2.05) is 0 Å². The van der Waals surface area contributed by atoms with E-state index in [4.69, 9.17) is 0 Å². The second-order valence-electron chi connectivity index (χ2n) is 5.94. The van der Waals surface area contributed by atoms with E-state index < -0.39 is 0 Å². The molecule has 0 aliphatic rings. The lowest BCUT2D eigenvalue weighted by molar-refractivity contribution is -0.697. The third-order valence-corrected chi connectivity index (χ3v) is 3.95. The molecular weight excluding hydrogens is 274 g/mol. The second-order valence-corrected chi connectivity index (χ2v) is 5.94. The van der Waals surface area contributed by atoms with Crippen LogP contribution >= 0.6 is 0 Å². The summed E-state index contributed by atoms with van der Waals surface area (Å²) in [5, 5.41) is 0. The van der Waals surface area contributed by atoms with E-state index in [1.54, 1.807) is 0 Å². The number of pyridine rings is 1. The molecule has 0 amide bonds. The molecule has 0 spiro atoms. The van der Waals surface area contributed by atoms with Gasteiger partial charge in [-0.2, -0.15) is 0 Å². The van der Waals surface area contributed by atoms with Crippen molar-refractivity contribution in [3.05, 3.63) is 30.1 Å². The van der Waals surface area contributed by atoms with Crippen molar-refractivity contribution in [3.63, 3.8) is 0 Å². The Morgan fingerprint density at radius 2 is 1.45 bits per heavy atom. The molecule has 0 aromatic carbocycles. The van der Waals surface area contributed by atoms with Gasteiger partial charge in [0, 0.05) is 30.9 Å². The minimum absolute atomic E-state index is 0.704. The molecule has 1 rings (SSSR count). The topological polar surface area (TPSA) is 38.0 Å². The van der Waals surface area contributed by atoms with Crippen molar-refractivity contribution < 1.29 is 14.2 Å². The SMILES string of the molecule is O=CCCCCCCc1ccc[n+](CCCCCCC=O)c1. The maximum atomic E-state index is 10.2. The standard InChI is InChI=1S/C19H30NO2/c21-16-9-5-1-3-7-12-19-13-11-15-20(18-19)14-8-4-2-6-10-17-22/h11,13,15-18H,1-10,12,14H2/q+1. The van der Waals surface area contributed by atoms with Gasteiger partial charge in [0.2, 0.25) is 0 Å². The van der Waals surface area contributed by atoms with Crippen LogP contribution in [-0.2, 0) is 22.6 Å². The zero-order valence-corrected chi connectivity index (χ0v) is 13.7. The van der Waals surface area contributed by atoms with Crippen molar-refractivity contribution in [1.82, 2.24) is 0 Å². The first-order chi connectivity index (χ1) is 10.9. The van der Waals surface area contributed by atoms with Gasteiger partial charge in [-0.3, -0.25) is 0 Å². The van der Waals surface area contributed by atoms with Crippen LogP contribution in [-0.4, -0.2) is 12.6 Å². The summed E-state index contributed by atoms with van der Waals surface area (Å²) in [6.07, 6.45) is 18.1. The number of aldehydes is 2. The molecule has 3 nitrogen and oxygen atoms in total. The number of nitrogens with zero attached hydrogens (tertiary/aromatic N) is 1. The largest absolute Gasteiger partial charge is 0.303 e. The minimum atomic E-state index is 0.704. The third kappa shape index (κ3) is 9.43. The van der Waals surface area contributed by atoms with Gasteiger partial charge in [-0.25, -0.2) is 4.57 Å². The predicted octanol–water partition coefficient (Wildman–Crippen LogP) is 3.82. The van der Waals surface area contributed by atoms with Crippen molar-refractivity contribution in [3.8, 4) is 0 Å². The van der Waals surface area contributed by atoms with Gasteiger partial charge in [-0.15, -0.1) is 0 Å². The summed E-state index contributed by atoms with van der Waals surface area (Å²) in [4.78, 5) is 20.5. The van der Waals surface area contributed by atoms with E-state index in [-0.39, 0.29) is 0 Å². The highest BCUT2D eigenvalue weighted by molar-refractivity contribution is 5.49. The van der Waals surface area contributed by atoms with E-state index in [0.29, 0.717) is 12.8 Å². The monoisotopic (exact) mass is 304 g/mol. The first-order valence-electron chi connectivity index (χ1n) is 8.72. The van der Waals surface area contributed by atoms with Gasteiger partial charge in [0.1, 0.15) is 19.1 Å². The molecule has 0 aliphatic carbocycles. The maximum Gasteiger partial charge on any atom is 0.171 e. The van der Waals surface area contributed by atoms with Crippen molar-refractivity contribution in [2.24, 2.45) is 0 Å². The summed E-state index contributed by atoms with van der Waals surface area (Å²) >= 11 is 0. The number of aromatic nitrogens is 1. The number of unbranched alkanes of at least 4 members (excludes halogenated alkanes) is 8. The molecule has 1 aromatic heterocycles. The van der Waals surface area contributed by atoms with Crippen LogP contribution in [0.25, 0.3) is 0 Å². The molecule has 0 bridgehead atoms. The molecule has 122 valence electrons. The number of aryl methyl sites for hydroxylation is 2. The fraction of sp³-hybridized carbons (Fsp3) is 0.632. The van der Waals surface area contributed by atoms with Gasteiger partial charge in [-0.1, -0.05) is 19.3 Å². The molecule has 3 heteroatoms. The van der Waals surface area contributed by atoms with Crippen LogP contribution in [0.5, 0.6) is 0 Å². The first-order valence-corrected chi connectivity index (χ1v) is 8.72. The molecule has 22 heavy (non-hydrogen) atoms. The zero-order chi connectivity index (χ0) is 15.9. The highest BCUT2D eigenvalue weighted by Gasteiger charge is 2.03. The number of hydrogen-bond donors (Lipinski definition) is 0. The third-order valence-electron chi connectivity index (χ3n) is 3.95. The Hall–Kier alpha value is -1.51. The predicted molar refractivity (Wildman–Crippen MR) is 88.6 cm³/mol. The van der Waals surface area contributed by atoms with Crippen molar-refractivity contribution in [2.75, 3.05) is 0 Å². The summed E-state index contributed by atoms with van der Waals surface area (Å²) in [5.74, 6) is 0. The van der Waals surface area contributed by atoms with E-state index in [0.717, 1.165) is 51.2 Å². The molecule has 0 unspecified atom stereocenters. The fourth-order valence-corrected chi connectivity index (χ4v) is 2.65. The quantitative estimate of drug-likeness (QED) is 0.298. The molecule has 0 fully saturated rings. The van der Waals surface area contributed by atoms with Gasteiger partial charge >= 0.3 is 0 Å². The van der Waals surface area contributed by atoms with E-state index >= 15 is 0 Å². The zero-order valence-electron chi connectivity index (χ0n) is 13.7. The Labute approximate surface area is 134 Å². The Bertz CT molecular complexity index is 382. The minimum Gasteiger partial charge on any atom is -0.303 e. The highest BCUT2D eigenvalue weighted by Crippen LogP contribution is 2.07. The Morgan fingerprint density at radius 1 is 0.818 bits per heavy atom. The van der Waals surface area contributed by atoms with Crippen molar-refractivity contribution in [2.45, 2.75) is 77.2 Å². The lowest BCUT2D eigenvalue weighted by Crippen LogP contribution is -2.33. The summed E-state index contributed by atoms with van der Waals surface area (Å²) < 4.78 is 2.28. The summed E-state index contributed by atoms with van der Waals surface area (Å²) in [5.41, 5.74) is 1.40. The van der Waals surface area contributed by atoms with Gasteiger partial charge in [0.05, 0.1) is 0 Å². The number of hydrogen-bond acceptors (Lipinski definition) is 2. The summed E-state index contributed by atoms with van der Waals surface area (Å²) in [6, 6.07) is 4.33. The maximum absolute atomic E-state index is 10.2. The van der Waals surface area contributed by atoms with Crippen LogP contribution < -0.4 is 4.57 Å². The van der Waals surface area contributed by atoms with Gasteiger partial charge in [0.15, 0.2) is 12.4 Å². The van der Waals surface area contributed by atoms with Crippen molar-refractivity contribution >= 4 is 12.6 Å². The summed E-state index contributed by atoms with van der Waals surface area (Å²) in [6.45, 7) is 1.06. The molecule has 0 radical (unpaired) electrons. The smallest absolute Gasteiger partial charge is 0.171 e. The Kier molecular flexibility index (Phi) is 11.1. The molecule has 0 aliphatic heterocycles. The molecule has 1 heterocycles. The average molecular weight is 304 g/mol. The molecular formula is C19H30NO2+. The van der Waals surface area contributed by atoms with Gasteiger partial charge in [-0.05, 0) is 38.2 Å². The number of carbonyl (C=O) groups is 2. The lowest BCUT2D eigenvalue weighted by atomic mass is 10.1. The van der Waals surface area contributed by atoms with Crippen LogP contribution in [0.15, 0.2) is 24.5 Å². The number of carbonyl (C=O) groups excluding carboxylic acids is 2. The second kappa shape index (κ2) is 13.2. The Morgan fingerprint density at radius 3 is 2.14 bits per heavy atom. The fourth-order valence-electron chi connectivity index (χ4n) is 2.65. The normalized spacial score (nSPS) is 10.5. The highest BCUT2D eigenvalue weighted by atomic mass is 16.1. The lowest BCUT2D eigenvalue weighted by Gasteiger charge is -2.02. The Balaban J connectivity index is 2.15. The van der Waals surface area contributed by atoms with Crippen LogP contribution in [0.1, 0.15) is 69.8 Å². The first kappa shape index (κ1) is 18.5. The van der Waals surface area contributed by atoms with Gasteiger partial charge < -0.3 is 9.59 Å². The van der Waals surface area contributed by atoms with Crippen LogP contribution in [0.4, 0.5) is 0 Å². The van der Waals surface area contributed by atoms with E-state index in [1.165, 1.54) is 31.2 Å². The van der Waals surface area contributed by atoms with Gasteiger partial charge in [0.25, 0.3) is 0 Å². The van der Waals surface area contributed by atoms with Crippen LogP contribution in [0, 0.1) is 0 Å². The number of rotatable bonds is 14. The van der Waals surface area contributed by atoms with E-state index in [2.05, 4.69) is 29.1 Å². The van der Waals surface area contributed by atoms with Crippen molar-refractivity contribution in [1.29, 1.82) is 0 Å². The van der Waals surface area contributed by atoms with E-state index in [9.17, 15) is 9.59 Å². The average Bonchev–Trinajstić information content (AvgIpc) is 2.54. The van der Waals surface area contributed by atoms with Crippen LogP contribution in [0.2, 0.25) is 0 Å². The summed E-state index contributed by atoms with van der Waals surface area (Å²) in [7, 11) is 0. The molecule has 0 saturated heterocycles. The molecule has 0 atom stereocenters.